The number of rotatable bonds is 4. The van der Waals surface area contributed by atoms with E-state index < -0.39 is 4.92 Å². The first-order chi connectivity index (χ1) is 14.1. The van der Waals surface area contributed by atoms with Crippen molar-refractivity contribution in [3.63, 3.8) is 0 Å². The molecule has 142 valence electrons. The van der Waals surface area contributed by atoms with Gasteiger partial charge in [-0.25, -0.2) is 0 Å². The van der Waals surface area contributed by atoms with Crippen LogP contribution in [0.4, 0.5) is 5.69 Å². The SMILES string of the molecule is O=c1c(=Cc2ccc(-c3cccc([N+](=O)[O-])c3)o2)sc2nc(-c3ccco3)nn12. The Morgan fingerprint density at radius 3 is 2.79 bits per heavy atom. The van der Waals surface area contributed by atoms with Crippen LogP contribution in [0, 0.1) is 10.1 Å². The first-order valence-corrected chi connectivity index (χ1v) is 9.20. The van der Waals surface area contributed by atoms with Crippen LogP contribution in [0.25, 0.3) is 33.9 Å². The molecule has 0 aliphatic heterocycles. The Morgan fingerprint density at radius 2 is 2.03 bits per heavy atom. The standard InChI is InChI=1S/C19H10N4O5S/c24-18-16(29-19-20-17(21-22(18)19)15-5-2-8-27-15)10-13-6-7-14(28-13)11-3-1-4-12(9-11)23(25)26/h1-10H. The van der Waals surface area contributed by atoms with Gasteiger partial charge in [-0.2, -0.15) is 9.50 Å². The number of aromatic nitrogens is 3. The number of nitrogens with zero attached hydrogens (tertiary/aromatic N) is 4. The predicted molar refractivity (Wildman–Crippen MR) is 104 cm³/mol. The third-order valence-electron chi connectivity index (χ3n) is 4.17. The zero-order valence-corrected chi connectivity index (χ0v) is 15.3. The number of furan rings is 2. The molecule has 5 rings (SSSR count). The maximum absolute atomic E-state index is 12.6. The Labute approximate surface area is 165 Å². The number of fused-ring (bicyclic) bond motifs is 1. The van der Waals surface area contributed by atoms with Crippen LogP contribution in [0.1, 0.15) is 5.76 Å². The van der Waals surface area contributed by atoms with Gasteiger partial charge in [0.05, 0.1) is 11.2 Å². The van der Waals surface area contributed by atoms with E-state index in [1.165, 1.54) is 34.2 Å². The number of hydrogen-bond acceptors (Lipinski definition) is 8. The van der Waals surface area contributed by atoms with Gasteiger partial charge in [-0.15, -0.1) is 5.10 Å². The zero-order valence-electron chi connectivity index (χ0n) is 14.5. The molecule has 0 bridgehead atoms. The summed E-state index contributed by atoms with van der Waals surface area (Å²) >= 11 is 1.18. The number of thiazole rings is 1. The lowest BCUT2D eigenvalue weighted by atomic mass is 10.1. The smallest absolute Gasteiger partial charge is 0.291 e. The van der Waals surface area contributed by atoms with E-state index in [9.17, 15) is 14.9 Å². The summed E-state index contributed by atoms with van der Waals surface area (Å²) < 4.78 is 12.6. The zero-order chi connectivity index (χ0) is 20.0. The number of nitro groups is 1. The van der Waals surface area contributed by atoms with Crippen molar-refractivity contribution in [1.82, 2.24) is 14.6 Å². The van der Waals surface area contributed by atoms with Crippen LogP contribution in [-0.2, 0) is 0 Å². The topological polar surface area (TPSA) is 117 Å². The van der Waals surface area contributed by atoms with Gasteiger partial charge in [-0.1, -0.05) is 23.5 Å². The molecule has 0 unspecified atom stereocenters. The van der Waals surface area contributed by atoms with Gasteiger partial charge in [-0.3, -0.25) is 14.9 Å². The van der Waals surface area contributed by atoms with Crippen LogP contribution in [0.15, 0.2) is 68.4 Å². The van der Waals surface area contributed by atoms with Crippen molar-refractivity contribution in [2.24, 2.45) is 0 Å². The van der Waals surface area contributed by atoms with Crippen LogP contribution in [-0.4, -0.2) is 19.5 Å². The Balaban J connectivity index is 1.51. The van der Waals surface area contributed by atoms with Gasteiger partial charge < -0.3 is 8.83 Å². The second-order valence-electron chi connectivity index (χ2n) is 6.03. The van der Waals surface area contributed by atoms with E-state index in [1.54, 1.807) is 42.5 Å². The molecule has 0 atom stereocenters. The number of benzene rings is 1. The lowest BCUT2D eigenvalue weighted by molar-refractivity contribution is -0.384. The molecular formula is C19H10N4O5S. The second kappa shape index (κ2) is 6.53. The molecule has 10 heteroatoms. The summed E-state index contributed by atoms with van der Waals surface area (Å²) in [5.74, 6) is 1.74. The molecule has 0 aliphatic carbocycles. The van der Waals surface area contributed by atoms with E-state index in [0.717, 1.165) is 0 Å². The van der Waals surface area contributed by atoms with E-state index in [0.29, 0.717) is 38.2 Å². The fourth-order valence-electron chi connectivity index (χ4n) is 2.83. The Kier molecular flexibility index (Phi) is 3.85. The quantitative estimate of drug-likeness (QED) is 0.332. The summed E-state index contributed by atoms with van der Waals surface area (Å²) in [5.41, 5.74) is 0.236. The minimum absolute atomic E-state index is 0.0239. The highest BCUT2D eigenvalue weighted by Crippen LogP contribution is 2.26. The molecule has 29 heavy (non-hydrogen) atoms. The average Bonchev–Trinajstić information content (AvgIpc) is 3.49. The van der Waals surface area contributed by atoms with Gasteiger partial charge >= 0.3 is 0 Å². The lowest BCUT2D eigenvalue weighted by Crippen LogP contribution is -2.23. The van der Waals surface area contributed by atoms with Gasteiger partial charge in [0.1, 0.15) is 16.1 Å². The van der Waals surface area contributed by atoms with Gasteiger partial charge in [0.2, 0.25) is 10.8 Å². The van der Waals surface area contributed by atoms with Crippen molar-refractivity contribution in [1.29, 1.82) is 0 Å². The maximum Gasteiger partial charge on any atom is 0.291 e. The van der Waals surface area contributed by atoms with Crippen molar-refractivity contribution in [2.75, 3.05) is 0 Å². The van der Waals surface area contributed by atoms with Crippen molar-refractivity contribution in [2.45, 2.75) is 0 Å². The maximum atomic E-state index is 12.6. The summed E-state index contributed by atoms with van der Waals surface area (Å²) in [7, 11) is 0. The molecule has 0 fully saturated rings. The predicted octanol–water partition coefficient (Wildman–Crippen LogP) is 3.13. The summed E-state index contributed by atoms with van der Waals surface area (Å²) in [6, 6.07) is 13.0. The highest BCUT2D eigenvalue weighted by atomic mass is 32.1. The van der Waals surface area contributed by atoms with Crippen molar-refractivity contribution in [3.05, 3.63) is 85.6 Å². The van der Waals surface area contributed by atoms with E-state index in [2.05, 4.69) is 10.1 Å². The fraction of sp³-hybridized carbons (Fsp3) is 0. The molecule has 4 aromatic heterocycles. The van der Waals surface area contributed by atoms with Crippen LogP contribution in [0.5, 0.6) is 0 Å². The van der Waals surface area contributed by atoms with Gasteiger partial charge in [0.25, 0.3) is 11.2 Å². The average molecular weight is 406 g/mol. The highest BCUT2D eigenvalue weighted by Gasteiger charge is 2.14. The summed E-state index contributed by atoms with van der Waals surface area (Å²) in [5, 5.41) is 15.1. The molecule has 0 radical (unpaired) electrons. The Hall–Kier alpha value is -4.05. The van der Waals surface area contributed by atoms with Gasteiger partial charge in [0.15, 0.2) is 5.76 Å². The van der Waals surface area contributed by atoms with Crippen LogP contribution >= 0.6 is 11.3 Å². The largest absolute Gasteiger partial charge is 0.461 e. The number of nitro benzene ring substituents is 1. The molecule has 0 aliphatic rings. The van der Waals surface area contributed by atoms with E-state index in [1.807, 2.05) is 0 Å². The highest BCUT2D eigenvalue weighted by molar-refractivity contribution is 7.15. The first kappa shape index (κ1) is 17.1. The normalized spacial score (nSPS) is 12.1. The van der Waals surface area contributed by atoms with Crippen LogP contribution in [0.2, 0.25) is 0 Å². The molecular weight excluding hydrogens is 396 g/mol. The molecule has 9 nitrogen and oxygen atoms in total. The minimum atomic E-state index is -0.464. The van der Waals surface area contributed by atoms with Crippen LogP contribution < -0.4 is 10.1 Å². The Morgan fingerprint density at radius 1 is 1.14 bits per heavy atom. The monoisotopic (exact) mass is 406 g/mol. The molecule has 0 amide bonds. The molecule has 0 N–H and O–H groups in total. The van der Waals surface area contributed by atoms with E-state index in [-0.39, 0.29) is 11.2 Å². The third-order valence-corrected chi connectivity index (χ3v) is 5.12. The molecule has 0 saturated carbocycles. The number of non-ortho nitro benzene ring substituents is 1. The molecule has 1 aromatic carbocycles. The first-order valence-electron chi connectivity index (χ1n) is 8.38. The Bertz CT molecular complexity index is 1460. The molecule has 0 spiro atoms. The second-order valence-corrected chi connectivity index (χ2v) is 7.04. The molecule has 4 heterocycles. The van der Waals surface area contributed by atoms with Gasteiger partial charge in [-0.05, 0) is 24.3 Å². The van der Waals surface area contributed by atoms with Crippen molar-refractivity contribution >= 4 is 28.1 Å². The lowest BCUT2D eigenvalue weighted by Gasteiger charge is -1.96. The summed E-state index contributed by atoms with van der Waals surface area (Å²) in [4.78, 5) is 27.8. The minimum Gasteiger partial charge on any atom is -0.461 e. The van der Waals surface area contributed by atoms with Gasteiger partial charge in [0, 0.05) is 23.8 Å². The molecule has 0 saturated heterocycles. The van der Waals surface area contributed by atoms with Crippen molar-refractivity contribution < 1.29 is 13.8 Å². The third kappa shape index (κ3) is 3.01. The number of hydrogen-bond donors (Lipinski definition) is 0. The van der Waals surface area contributed by atoms with E-state index >= 15 is 0 Å². The van der Waals surface area contributed by atoms with E-state index in [4.69, 9.17) is 8.83 Å². The fourth-order valence-corrected chi connectivity index (χ4v) is 3.72. The summed E-state index contributed by atoms with van der Waals surface area (Å²) in [6.45, 7) is 0. The molecule has 5 aromatic rings. The van der Waals surface area contributed by atoms with Crippen LogP contribution in [0.3, 0.4) is 0 Å². The summed E-state index contributed by atoms with van der Waals surface area (Å²) in [6.07, 6.45) is 3.11. The van der Waals surface area contributed by atoms with Crippen molar-refractivity contribution in [3.8, 4) is 22.9 Å².